The molecule has 1 atom stereocenters. The summed E-state index contributed by atoms with van der Waals surface area (Å²) in [7, 11) is 0. The molecule has 6 heteroatoms. The third-order valence-corrected chi connectivity index (χ3v) is 5.92. The number of Topliss-reactive ketones (excluding diaryl/α,β-unsaturated/α-hetero) is 1. The number of benzene rings is 2. The second kappa shape index (κ2) is 10.5. The van der Waals surface area contributed by atoms with Gasteiger partial charge in [-0.15, -0.1) is 0 Å². The van der Waals surface area contributed by atoms with Crippen molar-refractivity contribution in [2.45, 2.75) is 33.7 Å². The van der Waals surface area contributed by atoms with E-state index in [2.05, 4.69) is 18.7 Å². The molecule has 0 radical (unpaired) electrons. The van der Waals surface area contributed by atoms with Gasteiger partial charge in [0.2, 0.25) is 0 Å². The van der Waals surface area contributed by atoms with E-state index < -0.39 is 17.7 Å². The standard InChI is InChI=1S/C26H32N2O4/c1-5-27(6-2)16-17-28-23(19-10-8-18(4)9-11-19)22(25(30)26(28)31)24(29)20-12-14-21(15-13-20)32-7-3/h8-15,23,29H,5-7,16-17H2,1-4H3/b24-22+/t23-/m0/s1. The van der Waals surface area contributed by atoms with Crippen molar-refractivity contribution in [1.29, 1.82) is 0 Å². The lowest BCUT2D eigenvalue weighted by Gasteiger charge is -2.28. The van der Waals surface area contributed by atoms with Crippen LogP contribution in [-0.4, -0.2) is 59.4 Å². The molecule has 1 heterocycles. The maximum Gasteiger partial charge on any atom is 0.295 e. The van der Waals surface area contributed by atoms with Crippen LogP contribution in [0.15, 0.2) is 54.1 Å². The van der Waals surface area contributed by atoms with E-state index in [1.165, 1.54) is 0 Å². The second-order valence-electron chi connectivity index (χ2n) is 7.89. The monoisotopic (exact) mass is 436 g/mol. The smallest absolute Gasteiger partial charge is 0.295 e. The Balaban J connectivity index is 2.05. The van der Waals surface area contributed by atoms with Gasteiger partial charge in [0, 0.05) is 18.7 Å². The molecule has 0 spiro atoms. The van der Waals surface area contributed by atoms with Crippen molar-refractivity contribution in [3.05, 3.63) is 70.8 Å². The van der Waals surface area contributed by atoms with Crippen molar-refractivity contribution in [1.82, 2.24) is 9.80 Å². The highest BCUT2D eigenvalue weighted by atomic mass is 16.5. The molecule has 1 aliphatic heterocycles. The number of amides is 1. The van der Waals surface area contributed by atoms with Crippen molar-refractivity contribution in [3.8, 4) is 5.75 Å². The van der Waals surface area contributed by atoms with Crippen molar-refractivity contribution < 1.29 is 19.4 Å². The fourth-order valence-corrected chi connectivity index (χ4v) is 4.03. The number of likely N-dealkylation sites (tertiary alicyclic amines) is 1. The molecule has 1 N–H and O–H groups in total. The van der Waals surface area contributed by atoms with Gasteiger partial charge >= 0.3 is 0 Å². The van der Waals surface area contributed by atoms with Gasteiger partial charge in [-0.25, -0.2) is 0 Å². The van der Waals surface area contributed by atoms with Gasteiger partial charge in [0.15, 0.2) is 0 Å². The number of carbonyl (C=O) groups excluding carboxylic acids is 2. The number of rotatable bonds is 9. The molecule has 1 fully saturated rings. The Morgan fingerprint density at radius 1 is 1.00 bits per heavy atom. The minimum Gasteiger partial charge on any atom is -0.507 e. The molecule has 32 heavy (non-hydrogen) atoms. The van der Waals surface area contributed by atoms with E-state index in [0.717, 1.165) is 24.2 Å². The van der Waals surface area contributed by atoms with E-state index >= 15 is 0 Å². The summed E-state index contributed by atoms with van der Waals surface area (Å²) in [5.74, 6) is -0.710. The van der Waals surface area contributed by atoms with Crippen molar-refractivity contribution in [3.63, 3.8) is 0 Å². The summed E-state index contributed by atoms with van der Waals surface area (Å²) in [5, 5.41) is 11.1. The predicted octanol–water partition coefficient (Wildman–Crippen LogP) is 4.16. The summed E-state index contributed by atoms with van der Waals surface area (Å²) in [6.45, 7) is 11.4. The molecule has 0 saturated carbocycles. The van der Waals surface area contributed by atoms with Crippen LogP contribution in [0.3, 0.4) is 0 Å². The van der Waals surface area contributed by atoms with E-state index in [4.69, 9.17) is 4.74 Å². The molecule has 1 saturated heterocycles. The number of aliphatic hydroxyl groups is 1. The van der Waals surface area contributed by atoms with Crippen molar-refractivity contribution in [2.75, 3.05) is 32.8 Å². The van der Waals surface area contributed by atoms with E-state index in [1.54, 1.807) is 29.2 Å². The summed E-state index contributed by atoms with van der Waals surface area (Å²) < 4.78 is 5.47. The zero-order valence-corrected chi connectivity index (χ0v) is 19.3. The lowest BCUT2D eigenvalue weighted by atomic mass is 9.94. The second-order valence-corrected chi connectivity index (χ2v) is 7.89. The summed E-state index contributed by atoms with van der Waals surface area (Å²) >= 11 is 0. The third kappa shape index (κ3) is 4.86. The van der Waals surface area contributed by atoms with Crippen LogP contribution in [0.25, 0.3) is 5.76 Å². The lowest BCUT2D eigenvalue weighted by Crippen LogP contribution is -2.38. The van der Waals surface area contributed by atoms with Gasteiger partial charge in [0.05, 0.1) is 18.2 Å². The van der Waals surface area contributed by atoms with Crippen LogP contribution in [-0.2, 0) is 9.59 Å². The Kier molecular flexibility index (Phi) is 7.70. The minimum atomic E-state index is -0.651. The molecule has 2 aromatic carbocycles. The number of hydrogen-bond acceptors (Lipinski definition) is 5. The number of carbonyl (C=O) groups is 2. The number of likely N-dealkylation sites (N-methyl/N-ethyl adjacent to an activating group) is 1. The Morgan fingerprint density at radius 2 is 1.62 bits per heavy atom. The fourth-order valence-electron chi connectivity index (χ4n) is 4.03. The fraction of sp³-hybridized carbons (Fsp3) is 0.385. The van der Waals surface area contributed by atoms with E-state index in [-0.39, 0.29) is 11.3 Å². The Hall–Kier alpha value is -3.12. The van der Waals surface area contributed by atoms with Gasteiger partial charge in [-0.3, -0.25) is 9.59 Å². The molecule has 1 aliphatic rings. The third-order valence-electron chi connectivity index (χ3n) is 5.92. The zero-order valence-electron chi connectivity index (χ0n) is 19.3. The van der Waals surface area contributed by atoms with E-state index in [9.17, 15) is 14.7 Å². The molecule has 0 aliphatic carbocycles. The summed E-state index contributed by atoms with van der Waals surface area (Å²) in [6, 6.07) is 14.0. The van der Waals surface area contributed by atoms with E-state index in [0.29, 0.717) is 31.0 Å². The Morgan fingerprint density at radius 3 is 2.19 bits per heavy atom. The molecule has 0 bridgehead atoms. The van der Waals surface area contributed by atoms with Crippen LogP contribution < -0.4 is 4.74 Å². The van der Waals surface area contributed by atoms with Gasteiger partial charge < -0.3 is 19.6 Å². The molecule has 1 amide bonds. The summed E-state index contributed by atoms with van der Waals surface area (Å²) in [4.78, 5) is 29.9. The number of aryl methyl sites for hydroxylation is 1. The first kappa shape index (κ1) is 23.5. The molecule has 3 rings (SSSR count). The Bertz CT molecular complexity index is 976. The zero-order chi connectivity index (χ0) is 23.3. The molecule has 170 valence electrons. The van der Waals surface area contributed by atoms with Gasteiger partial charge in [-0.1, -0.05) is 43.7 Å². The van der Waals surface area contributed by atoms with Crippen LogP contribution in [0.5, 0.6) is 5.75 Å². The molecule has 0 unspecified atom stereocenters. The minimum absolute atomic E-state index is 0.127. The molecule has 0 aromatic heterocycles. The molecular formula is C26H32N2O4. The normalized spacial score (nSPS) is 17.9. The molecule has 6 nitrogen and oxygen atoms in total. The number of aliphatic hydroxyl groups excluding tert-OH is 1. The predicted molar refractivity (Wildman–Crippen MR) is 126 cm³/mol. The van der Waals surface area contributed by atoms with Crippen LogP contribution in [0.1, 0.15) is 43.5 Å². The largest absolute Gasteiger partial charge is 0.507 e. The highest BCUT2D eigenvalue weighted by Gasteiger charge is 2.45. The topological polar surface area (TPSA) is 70.1 Å². The maximum atomic E-state index is 13.1. The number of nitrogens with zero attached hydrogens (tertiary/aromatic N) is 2. The van der Waals surface area contributed by atoms with Gasteiger partial charge in [-0.2, -0.15) is 0 Å². The summed E-state index contributed by atoms with van der Waals surface area (Å²) in [5.41, 5.74) is 2.50. The van der Waals surface area contributed by atoms with Crippen LogP contribution in [0, 0.1) is 6.92 Å². The van der Waals surface area contributed by atoms with Gasteiger partial charge in [0.25, 0.3) is 11.7 Å². The van der Waals surface area contributed by atoms with Gasteiger partial charge in [0.1, 0.15) is 11.5 Å². The quantitative estimate of drug-likeness (QED) is 0.363. The molecular weight excluding hydrogens is 404 g/mol. The van der Waals surface area contributed by atoms with Crippen LogP contribution >= 0.6 is 0 Å². The summed E-state index contributed by atoms with van der Waals surface area (Å²) in [6.07, 6.45) is 0. The number of ether oxygens (including phenoxy) is 1. The number of hydrogen-bond donors (Lipinski definition) is 1. The first-order valence-corrected chi connectivity index (χ1v) is 11.2. The van der Waals surface area contributed by atoms with Crippen molar-refractivity contribution >= 4 is 17.4 Å². The van der Waals surface area contributed by atoms with Crippen LogP contribution in [0.2, 0.25) is 0 Å². The highest BCUT2D eigenvalue weighted by Crippen LogP contribution is 2.39. The first-order chi connectivity index (χ1) is 15.4. The lowest BCUT2D eigenvalue weighted by molar-refractivity contribution is -0.140. The maximum absolute atomic E-state index is 13.1. The SMILES string of the molecule is CCOc1ccc(/C(O)=C2\C(=O)C(=O)N(CCN(CC)CC)[C@H]2c2ccc(C)cc2)cc1. The first-order valence-electron chi connectivity index (χ1n) is 11.2. The van der Waals surface area contributed by atoms with Crippen LogP contribution in [0.4, 0.5) is 0 Å². The molecule has 2 aromatic rings. The highest BCUT2D eigenvalue weighted by molar-refractivity contribution is 6.46. The van der Waals surface area contributed by atoms with Crippen molar-refractivity contribution in [2.24, 2.45) is 0 Å². The average Bonchev–Trinajstić information content (AvgIpc) is 3.05. The average molecular weight is 437 g/mol. The van der Waals surface area contributed by atoms with Gasteiger partial charge in [-0.05, 0) is 56.8 Å². The van der Waals surface area contributed by atoms with E-state index in [1.807, 2.05) is 38.1 Å². The Labute approximate surface area is 190 Å². The number of ketones is 1.